The van der Waals surface area contributed by atoms with E-state index in [0.717, 1.165) is 0 Å². The quantitative estimate of drug-likeness (QED) is 0.695. The van der Waals surface area contributed by atoms with Crippen molar-refractivity contribution in [2.24, 2.45) is 5.92 Å². The Labute approximate surface area is 156 Å². The summed E-state index contributed by atoms with van der Waals surface area (Å²) in [5, 5.41) is 11.3. The Morgan fingerprint density at radius 1 is 1.00 bits per heavy atom. The third kappa shape index (κ3) is 7.65. The highest BCUT2D eigenvalue weighted by Crippen LogP contribution is 2.36. The van der Waals surface area contributed by atoms with E-state index in [1.807, 2.05) is 0 Å². The largest absolute Gasteiger partial charge is 0.481 e. The van der Waals surface area contributed by atoms with Gasteiger partial charge in [-0.15, -0.1) is 0 Å². The van der Waals surface area contributed by atoms with Gasteiger partial charge < -0.3 is 15.2 Å². The van der Waals surface area contributed by atoms with Crippen LogP contribution < -0.4 is 5.32 Å². The molecule has 0 saturated carbocycles. The highest BCUT2D eigenvalue weighted by Gasteiger charge is 2.37. The molecule has 1 amide bonds. The van der Waals surface area contributed by atoms with Gasteiger partial charge in [0.25, 0.3) is 0 Å². The number of rotatable bonds is 5. The molecule has 1 aromatic carbocycles. The number of carbonyl (C=O) groups excluding carboxylic acids is 1. The first-order chi connectivity index (χ1) is 12.5. The van der Waals surface area contributed by atoms with Crippen molar-refractivity contribution in [3.8, 4) is 0 Å². The van der Waals surface area contributed by atoms with Crippen molar-refractivity contribution in [1.29, 1.82) is 0 Å². The van der Waals surface area contributed by atoms with Crippen molar-refractivity contribution >= 4 is 12.1 Å². The summed E-state index contributed by atoms with van der Waals surface area (Å²) in [5.41, 5.74) is -4.42. The maximum absolute atomic E-state index is 12.9. The summed E-state index contributed by atoms with van der Waals surface area (Å²) >= 11 is 0. The topological polar surface area (TPSA) is 75.6 Å². The molecule has 5 nitrogen and oxygen atoms in total. The number of hydrogen-bond acceptors (Lipinski definition) is 3. The Bertz CT molecular complexity index is 690. The van der Waals surface area contributed by atoms with Crippen LogP contribution in [0.1, 0.15) is 37.5 Å². The summed E-state index contributed by atoms with van der Waals surface area (Å²) in [7, 11) is 0. The van der Waals surface area contributed by atoms with E-state index in [0.29, 0.717) is 12.1 Å². The zero-order chi connectivity index (χ0) is 21.9. The number of alkyl halides is 6. The molecule has 1 atom stereocenters. The first-order valence-corrected chi connectivity index (χ1v) is 7.97. The predicted octanol–water partition coefficient (Wildman–Crippen LogP) is 4.49. The molecule has 2 N–H and O–H groups in total. The van der Waals surface area contributed by atoms with E-state index >= 15 is 0 Å². The Morgan fingerprint density at radius 2 is 1.46 bits per heavy atom. The molecular weight excluding hydrogens is 396 g/mol. The lowest BCUT2D eigenvalue weighted by molar-refractivity contribution is -0.143. The number of benzene rings is 1. The minimum atomic E-state index is -5.04. The highest BCUT2D eigenvalue weighted by atomic mass is 19.4. The summed E-state index contributed by atoms with van der Waals surface area (Å²) in [6.07, 6.45) is -11.7. The molecule has 0 fully saturated rings. The molecular formula is C17H19F6NO4. The molecule has 0 aromatic heterocycles. The van der Waals surface area contributed by atoms with Crippen LogP contribution in [0.5, 0.6) is 0 Å². The second-order valence-corrected chi connectivity index (χ2v) is 7.04. The van der Waals surface area contributed by atoms with Crippen molar-refractivity contribution in [1.82, 2.24) is 5.32 Å². The van der Waals surface area contributed by atoms with Crippen LogP contribution >= 0.6 is 0 Å². The van der Waals surface area contributed by atoms with Crippen molar-refractivity contribution < 1.29 is 45.8 Å². The van der Waals surface area contributed by atoms with Gasteiger partial charge in [0.05, 0.1) is 17.0 Å². The molecule has 11 heteroatoms. The Hall–Kier alpha value is -2.46. The van der Waals surface area contributed by atoms with Crippen molar-refractivity contribution in [3.05, 3.63) is 34.9 Å². The third-order valence-corrected chi connectivity index (χ3v) is 3.37. The van der Waals surface area contributed by atoms with Crippen LogP contribution in [0.25, 0.3) is 0 Å². The summed E-state index contributed by atoms with van der Waals surface area (Å²) in [5.74, 6) is -2.96. The first-order valence-electron chi connectivity index (χ1n) is 7.97. The van der Waals surface area contributed by atoms with Gasteiger partial charge >= 0.3 is 24.4 Å². The number of halogens is 6. The summed E-state index contributed by atoms with van der Waals surface area (Å²) < 4.78 is 82.2. The molecule has 0 radical (unpaired) electrons. The number of alkyl carbamates (subject to hydrolysis) is 1. The van der Waals surface area contributed by atoms with Gasteiger partial charge in [-0.2, -0.15) is 26.3 Å². The van der Waals surface area contributed by atoms with Crippen LogP contribution in [0.2, 0.25) is 0 Å². The van der Waals surface area contributed by atoms with Crippen LogP contribution in [-0.4, -0.2) is 29.3 Å². The average Bonchev–Trinajstić information content (AvgIpc) is 2.47. The van der Waals surface area contributed by atoms with Gasteiger partial charge in [0, 0.05) is 6.54 Å². The number of nitrogens with one attached hydrogen (secondary N) is 1. The van der Waals surface area contributed by atoms with Crippen LogP contribution in [-0.2, 0) is 28.3 Å². The SMILES string of the molecule is CC(C)(C)OC(=O)NC[C@H](Cc1cc(C(F)(F)F)cc(C(F)(F)F)c1)C(=O)O. The van der Waals surface area contributed by atoms with Gasteiger partial charge in [-0.05, 0) is 51.0 Å². The van der Waals surface area contributed by atoms with Crippen LogP contribution in [0.4, 0.5) is 31.1 Å². The molecule has 0 saturated heterocycles. The third-order valence-electron chi connectivity index (χ3n) is 3.37. The molecule has 1 rings (SSSR count). The van der Waals surface area contributed by atoms with Gasteiger partial charge in [0.15, 0.2) is 0 Å². The lowest BCUT2D eigenvalue weighted by atomic mass is 9.95. The molecule has 0 aliphatic heterocycles. The summed E-state index contributed by atoms with van der Waals surface area (Å²) in [6, 6.07) is 0.871. The lowest BCUT2D eigenvalue weighted by Crippen LogP contribution is -2.37. The van der Waals surface area contributed by atoms with E-state index in [1.54, 1.807) is 20.8 Å². The number of hydrogen-bond donors (Lipinski definition) is 2. The highest BCUT2D eigenvalue weighted by molar-refractivity contribution is 5.73. The minimum absolute atomic E-state index is 0.0434. The van der Waals surface area contributed by atoms with Crippen molar-refractivity contribution in [2.45, 2.75) is 45.1 Å². The predicted molar refractivity (Wildman–Crippen MR) is 85.5 cm³/mol. The van der Waals surface area contributed by atoms with Crippen LogP contribution in [0, 0.1) is 5.92 Å². The van der Waals surface area contributed by atoms with Gasteiger partial charge in [-0.1, -0.05) is 0 Å². The second kappa shape index (κ2) is 8.27. The average molecular weight is 415 g/mol. The maximum Gasteiger partial charge on any atom is 0.416 e. The summed E-state index contributed by atoms with van der Waals surface area (Å²) in [4.78, 5) is 22.9. The fourth-order valence-corrected chi connectivity index (χ4v) is 2.19. The number of ether oxygens (including phenoxy) is 1. The van der Waals surface area contributed by atoms with E-state index in [-0.39, 0.29) is 6.07 Å². The molecule has 28 heavy (non-hydrogen) atoms. The van der Waals surface area contributed by atoms with Crippen molar-refractivity contribution in [2.75, 3.05) is 6.54 Å². The Morgan fingerprint density at radius 3 is 1.82 bits per heavy atom. The molecule has 0 unspecified atom stereocenters. The van der Waals surface area contributed by atoms with Gasteiger partial charge in [0.2, 0.25) is 0 Å². The molecule has 0 spiro atoms. The number of amides is 1. The minimum Gasteiger partial charge on any atom is -0.481 e. The fourth-order valence-electron chi connectivity index (χ4n) is 2.19. The van der Waals surface area contributed by atoms with E-state index in [4.69, 9.17) is 4.74 Å². The Balaban J connectivity index is 3.06. The van der Waals surface area contributed by atoms with Crippen LogP contribution in [0.15, 0.2) is 18.2 Å². The fraction of sp³-hybridized carbons (Fsp3) is 0.529. The molecule has 0 aliphatic rings. The molecule has 0 heterocycles. The zero-order valence-electron chi connectivity index (χ0n) is 15.2. The second-order valence-electron chi connectivity index (χ2n) is 7.04. The standard InChI is InChI=1S/C17H19F6NO4/c1-15(2,3)28-14(27)24-8-10(13(25)26)4-9-5-11(16(18,19)20)7-12(6-9)17(21,22)23/h5-7,10H,4,8H2,1-3H3,(H,24,27)(H,25,26)/t10-/m0/s1. The lowest BCUT2D eigenvalue weighted by Gasteiger charge is -2.21. The molecule has 0 aliphatic carbocycles. The maximum atomic E-state index is 12.9. The van der Waals surface area contributed by atoms with E-state index in [1.165, 1.54) is 0 Å². The number of carboxylic acids is 1. The van der Waals surface area contributed by atoms with E-state index in [2.05, 4.69) is 5.32 Å². The number of carboxylic acid groups (broad SMARTS) is 1. The number of carbonyl (C=O) groups is 2. The normalized spacial score (nSPS) is 13.8. The van der Waals surface area contributed by atoms with Crippen LogP contribution in [0.3, 0.4) is 0 Å². The monoisotopic (exact) mass is 415 g/mol. The van der Waals surface area contributed by atoms with E-state index in [9.17, 15) is 41.0 Å². The van der Waals surface area contributed by atoms with Gasteiger partial charge in [0.1, 0.15) is 5.60 Å². The van der Waals surface area contributed by atoms with Crippen molar-refractivity contribution in [3.63, 3.8) is 0 Å². The molecule has 158 valence electrons. The van der Waals surface area contributed by atoms with E-state index < -0.39 is 65.6 Å². The Kier molecular flexibility index (Phi) is 6.97. The number of aliphatic carboxylic acids is 1. The van der Waals surface area contributed by atoms with Gasteiger partial charge in [-0.3, -0.25) is 4.79 Å². The van der Waals surface area contributed by atoms with Gasteiger partial charge in [-0.25, -0.2) is 4.79 Å². The zero-order valence-corrected chi connectivity index (χ0v) is 15.2. The molecule has 1 aromatic rings. The summed E-state index contributed by atoms with van der Waals surface area (Å²) in [6.45, 7) is 4.13. The molecule has 0 bridgehead atoms. The first kappa shape index (κ1) is 23.6. The smallest absolute Gasteiger partial charge is 0.416 e.